The summed E-state index contributed by atoms with van der Waals surface area (Å²) >= 11 is 1.36. The Morgan fingerprint density at radius 1 is 1.65 bits per heavy atom. The van der Waals surface area contributed by atoms with Crippen LogP contribution in [-0.4, -0.2) is 28.7 Å². The van der Waals surface area contributed by atoms with Crippen molar-refractivity contribution < 1.29 is 14.5 Å². The Labute approximate surface area is 103 Å². The van der Waals surface area contributed by atoms with E-state index < -0.39 is 4.92 Å². The first kappa shape index (κ1) is 13.4. The van der Waals surface area contributed by atoms with E-state index in [-0.39, 0.29) is 17.6 Å². The Kier molecular flexibility index (Phi) is 4.89. The van der Waals surface area contributed by atoms with Crippen LogP contribution in [0, 0.1) is 16.0 Å². The second-order valence-corrected chi connectivity index (χ2v) is 4.39. The summed E-state index contributed by atoms with van der Waals surface area (Å²) in [5.74, 6) is 0.0127. The molecule has 0 amide bonds. The lowest BCUT2D eigenvalue weighted by atomic mass is 10.2. The monoisotopic (exact) mass is 256 g/mol. The lowest BCUT2D eigenvalue weighted by Gasteiger charge is -2.07. The summed E-state index contributed by atoms with van der Waals surface area (Å²) in [7, 11) is 1.34. The highest BCUT2D eigenvalue weighted by molar-refractivity contribution is 7.99. The number of hydrogen-bond donors (Lipinski definition) is 0. The van der Waals surface area contributed by atoms with Gasteiger partial charge >= 0.3 is 5.97 Å². The molecule has 1 rings (SSSR count). The number of hydrogen-bond acceptors (Lipinski definition) is 6. The largest absolute Gasteiger partial charge is 0.469 e. The molecule has 1 aromatic rings. The fourth-order valence-electron chi connectivity index (χ4n) is 1.05. The number of aromatic nitrogens is 1. The maximum Gasteiger partial charge on any atom is 0.309 e. The summed E-state index contributed by atoms with van der Waals surface area (Å²) in [6.45, 7) is 1.75. The molecule has 0 aromatic carbocycles. The van der Waals surface area contributed by atoms with Crippen molar-refractivity contribution in [1.82, 2.24) is 4.98 Å². The predicted octanol–water partition coefficient (Wildman–Crippen LogP) is 1.89. The van der Waals surface area contributed by atoms with Gasteiger partial charge in [0.05, 0.1) is 23.0 Å². The molecule has 0 fully saturated rings. The summed E-state index contributed by atoms with van der Waals surface area (Å²) in [5.41, 5.74) is -0.0460. The summed E-state index contributed by atoms with van der Waals surface area (Å²) in [4.78, 5) is 25.0. The smallest absolute Gasteiger partial charge is 0.309 e. The SMILES string of the molecule is COC(=O)C(C)CSc1ccc([N+](=O)[O-])cn1. The van der Waals surface area contributed by atoms with Gasteiger partial charge in [0, 0.05) is 11.8 Å². The van der Waals surface area contributed by atoms with Crippen molar-refractivity contribution in [2.75, 3.05) is 12.9 Å². The fraction of sp³-hybridized carbons (Fsp3) is 0.400. The molecule has 1 atom stereocenters. The van der Waals surface area contributed by atoms with Gasteiger partial charge < -0.3 is 4.74 Å². The minimum Gasteiger partial charge on any atom is -0.469 e. The Morgan fingerprint density at radius 3 is 2.82 bits per heavy atom. The van der Waals surface area contributed by atoms with Gasteiger partial charge in [-0.25, -0.2) is 4.98 Å². The molecule has 0 radical (unpaired) electrons. The topological polar surface area (TPSA) is 82.3 Å². The average molecular weight is 256 g/mol. The van der Waals surface area contributed by atoms with E-state index in [1.807, 2.05) is 0 Å². The number of methoxy groups -OCH3 is 1. The van der Waals surface area contributed by atoms with Gasteiger partial charge in [-0.05, 0) is 6.07 Å². The normalized spacial score (nSPS) is 11.9. The van der Waals surface area contributed by atoms with Gasteiger partial charge in [-0.1, -0.05) is 6.92 Å². The lowest BCUT2D eigenvalue weighted by Crippen LogP contribution is -2.14. The molecule has 0 aliphatic rings. The van der Waals surface area contributed by atoms with Crippen molar-refractivity contribution in [3.63, 3.8) is 0 Å². The van der Waals surface area contributed by atoms with Crippen molar-refractivity contribution in [3.8, 4) is 0 Å². The van der Waals surface area contributed by atoms with Crippen LogP contribution in [0.3, 0.4) is 0 Å². The van der Waals surface area contributed by atoms with E-state index in [4.69, 9.17) is 0 Å². The highest BCUT2D eigenvalue weighted by atomic mass is 32.2. The summed E-state index contributed by atoms with van der Waals surface area (Å²) in [6, 6.07) is 2.95. The van der Waals surface area contributed by atoms with Crippen LogP contribution < -0.4 is 0 Å². The molecular weight excluding hydrogens is 244 g/mol. The molecule has 0 saturated heterocycles. The number of rotatable bonds is 5. The standard InChI is InChI=1S/C10H12N2O4S/c1-7(10(13)16-2)6-17-9-4-3-8(5-11-9)12(14)15/h3-5,7H,6H2,1-2H3. The Morgan fingerprint density at radius 2 is 2.35 bits per heavy atom. The number of pyridine rings is 1. The zero-order valence-corrected chi connectivity index (χ0v) is 10.3. The van der Waals surface area contributed by atoms with E-state index in [2.05, 4.69) is 9.72 Å². The van der Waals surface area contributed by atoms with E-state index in [0.717, 1.165) is 0 Å². The number of esters is 1. The third-order valence-electron chi connectivity index (χ3n) is 2.02. The third kappa shape index (κ3) is 4.03. The van der Waals surface area contributed by atoms with Crippen LogP contribution in [0.25, 0.3) is 0 Å². The van der Waals surface area contributed by atoms with E-state index >= 15 is 0 Å². The molecule has 0 spiro atoms. The van der Waals surface area contributed by atoms with Crippen LogP contribution >= 0.6 is 11.8 Å². The van der Waals surface area contributed by atoms with Crippen molar-refractivity contribution in [3.05, 3.63) is 28.4 Å². The quantitative estimate of drug-likeness (QED) is 0.346. The predicted molar refractivity (Wildman–Crippen MR) is 62.8 cm³/mol. The van der Waals surface area contributed by atoms with Gasteiger partial charge in [0.1, 0.15) is 6.20 Å². The molecule has 7 heteroatoms. The van der Waals surface area contributed by atoms with Gasteiger partial charge in [-0.15, -0.1) is 11.8 Å². The van der Waals surface area contributed by atoms with E-state index in [9.17, 15) is 14.9 Å². The van der Waals surface area contributed by atoms with Gasteiger partial charge in [0.25, 0.3) is 5.69 Å². The summed E-state index contributed by atoms with van der Waals surface area (Å²) in [6.07, 6.45) is 1.20. The zero-order chi connectivity index (χ0) is 12.8. The van der Waals surface area contributed by atoms with Crippen LogP contribution in [0.15, 0.2) is 23.4 Å². The van der Waals surface area contributed by atoms with Crippen molar-refractivity contribution >= 4 is 23.4 Å². The first-order valence-electron chi connectivity index (χ1n) is 4.85. The molecule has 17 heavy (non-hydrogen) atoms. The number of carbonyl (C=O) groups excluding carboxylic acids is 1. The molecule has 0 N–H and O–H groups in total. The molecule has 1 aromatic heterocycles. The van der Waals surface area contributed by atoms with Gasteiger partial charge in [-0.3, -0.25) is 14.9 Å². The first-order chi connectivity index (χ1) is 8.04. The van der Waals surface area contributed by atoms with Gasteiger partial charge in [-0.2, -0.15) is 0 Å². The van der Waals surface area contributed by atoms with Crippen LogP contribution in [0.2, 0.25) is 0 Å². The van der Waals surface area contributed by atoms with E-state index in [1.54, 1.807) is 13.0 Å². The molecular formula is C10H12N2O4S. The summed E-state index contributed by atoms with van der Waals surface area (Å²) in [5, 5.41) is 11.0. The number of thioether (sulfide) groups is 1. The summed E-state index contributed by atoms with van der Waals surface area (Å²) < 4.78 is 4.59. The van der Waals surface area contributed by atoms with Crippen molar-refractivity contribution in [2.45, 2.75) is 11.9 Å². The molecule has 0 saturated carbocycles. The van der Waals surface area contributed by atoms with Crippen LogP contribution in [0.5, 0.6) is 0 Å². The lowest BCUT2D eigenvalue weighted by molar-refractivity contribution is -0.385. The van der Waals surface area contributed by atoms with Crippen molar-refractivity contribution in [1.29, 1.82) is 0 Å². The molecule has 1 unspecified atom stereocenters. The van der Waals surface area contributed by atoms with Gasteiger partial charge in [0.15, 0.2) is 0 Å². The van der Waals surface area contributed by atoms with E-state index in [1.165, 1.54) is 31.1 Å². The average Bonchev–Trinajstić information content (AvgIpc) is 2.35. The third-order valence-corrected chi connectivity index (χ3v) is 3.22. The molecule has 6 nitrogen and oxygen atoms in total. The number of nitro groups is 1. The highest BCUT2D eigenvalue weighted by Gasteiger charge is 2.14. The second kappa shape index (κ2) is 6.19. The number of nitrogens with zero attached hydrogens (tertiary/aromatic N) is 2. The maximum atomic E-state index is 11.1. The van der Waals surface area contributed by atoms with Gasteiger partial charge in [0.2, 0.25) is 0 Å². The Hall–Kier alpha value is -1.63. The molecule has 0 aliphatic carbocycles. The minimum atomic E-state index is -0.501. The maximum absolute atomic E-state index is 11.1. The Balaban J connectivity index is 2.53. The number of carbonyl (C=O) groups is 1. The first-order valence-corrected chi connectivity index (χ1v) is 5.84. The van der Waals surface area contributed by atoms with Crippen molar-refractivity contribution in [2.24, 2.45) is 5.92 Å². The minimum absolute atomic E-state index is 0.0460. The molecule has 1 heterocycles. The van der Waals surface area contributed by atoms with Crippen LogP contribution in [-0.2, 0) is 9.53 Å². The van der Waals surface area contributed by atoms with Crippen LogP contribution in [0.1, 0.15) is 6.92 Å². The fourth-order valence-corrected chi connectivity index (χ4v) is 1.89. The van der Waals surface area contributed by atoms with E-state index in [0.29, 0.717) is 10.8 Å². The molecule has 0 bridgehead atoms. The zero-order valence-electron chi connectivity index (χ0n) is 9.45. The Bertz CT molecular complexity index is 407. The second-order valence-electron chi connectivity index (χ2n) is 3.35. The van der Waals surface area contributed by atoms with Crippen LogP contribution in [0.4, 0.5) is 5.69 Å². The number of ether oxygens (including phenoxy) is 1. The molecule has 92 valence electrons. The molecule has 0 aliphatic heterocycles. The highest BCUT2D eigenvalue weighted by Crippen LogP contribution is 2.20.